The van der Waals surface area contributed by atoms with E-state index in [4.69, 9.17) is 0 Å². The normalized spacial score (nSPS) is 41.5. The number of likely N-dealkylation sites (N-methyl/N-ethyl adjacent to an activating group) is 1. The van der Waals surface area contributed by atoms with Gasteiger partial charge in [0.05, 0.1) is 13.1 Å². The number of nitrogens with one attached hydrogen (secondary N) is 1. The molecule has 0 radical (unpaired) electrons. The van der Waals surface area contributed by atoms with E-state index >= 15 is 0 Å². The first-order valence-electron chi connectivity index (χ1n) is 10.0. The van der Waals surface area contributed by atoms with Crippen molar-refractivity contribution in [1.29, 1.82) is 0 Å². The summed E-state index contributed by atoms with van der Waals surface area (Å²) in [5.41, 5.74) is -0.0217. The van der Waals surface area contributed by atoms with Crippen molar-refractivity contribution in [3.05, 3.63) is 0 Å². The van der Waals surface area contributed by atoms with Crippen LogP contribution in [-0.4, -0.2) is 77.4 Å². The standard InChI is InChI=1S/C19H28N4O3/c1-21-11-16(24)23-3-2-22(10-15(23)17(21)25)18(26)20-19-7-12-4-13(8-19)6-14(5-12)9-19/h12-15H,2-11H2,1H3,(H,20,26). The minimum Gasteiger partial charge on any atom is -0.335 e. The zero-order valence-electron chi connectivity index (χ0n) is 15.4. The van der Waals surface area contributed by atoms with E-state index in [0.29, 0.717) is 19.6 Å². The highest BCUT2D eigenvalue weighted by atomic mass is 16.2. The number of hydrogen-bond acceptors (Lipinski definition) is 3. The third-order valence-corrected chi connectivity index (χ3v) is 7.43. The lowest BCUT2D eigenvalue weighted by atomic mass is 9.53. The molecule has 6 fully saturated rings. The molecule has 6 rings (SSSR count). The van der Waals surface area contributed by atoms with Gasteiger partial charge in [0.2, 0.25) is 11.8 Å². The summed E-state index contributed by atoms with van der Waals surface area (Å²) in [6, 6.07) is -0.558. The van der Waals surface area contributed by atoms with E-state index in [1.807, 2.05) is 0 Å². The third-order valence-electron chi connectivity index (χ3n) is 7.43. The van der Waals surface area contributed by atoms with Crippen molar-refractivity contribution >= 4 is 17.8 Å². The second-order valence-electron chi connectivity index (χ2n) is 9.37. The Bertz CT molecular complexity index is 628. The van der Waals surface area contributed by atoms with E-state index in [-0.39, 0.29) is 29.9 Å². The van der Waals surface area contributed by atoms with E-state index in [1.54, 1.807) is 16.8 Å². The van der Waals surface area contributed by atoms with Gasteiger partial charge in [0.1, 0.15) is 6.04 Å². The lowest BCUT2D eigenvalue weighted by Crippen LogP contribution is -2.69. The zero-order valence-corrected chi connectivity index (χ0v) is 15.4. The van der Waals surface area contributed by atoms with Gasteiger partial charge in [0, 0.05) is 25.7 Å². The number of hydrogen-bond donors (Lipinski definition) is 1. The van der Waals surface area contributed by atoms with Gasteiger partial charge in [-0.25, -0.2) is 4.79 Å². The monoisotopic (exact) mass is 360 g/mol. The molecule has 0 spiro atoms. The summed E-state index contributed by atoms with van der Waals surface area (Å²) in [7, 11) is 1.66. The Morgan fingerprint density at radius 1 is 1.04 bits per heavy atom. The van der Waals surface area contributed by atoms with Crippen molar-refractivity contribution in [2.45, 2.75) is 50.1 Å². The predicted octanol–water partition coefficient (Wildman–Crippen LogP) is 0.650. The molecule has 4 bridgehead atoms. The third kappa shape index (κ3) is 2.50. The Hall–Kier alpha value is -1.79. The van der Waals surface area contributed by atoms with Crippen molar-refractivity contribution in [3.63, 3.8) is 0 Å². The van der Waals surface area contributed by atoms with Crippen LogP contribution in [0.25, 0.3) is 0 Å². The maximum absolute atomic E-state index is 13.0. The molecule has 1 unspecified atom stereocenters. The van der Waals surface area contributed by atoms with Gasteiger partial charge in [-0.2, -0.15) is 0 Å². The highest BCUT2D eigenvalue weighted by Gasteiger charge is 2.52. The summed E-state index contributed by atoms with van der Waals surface area (Å²) >= 11 is 0. The number of piperazine rings is 2. The topological polar surface area (TPSA) is 73.0 Å². The van der Waals surface area contributed by atoms with Crippen LogP contribution in [0.3, 0.4) is 0 Å². The molecule has 142 valence electrons. The van der Waals surface area contributed by atoms with E-state index in [9.17, 15) is 14.4 Å². The van der Waals surface area contributed by atoms with E-state index < -0.39 is 6.04 Å². The molecule has 4 aliphatic carbocycles. The fraction of sp³-hybridized carbons (Fsp3) is 0.842. The summed E-state index contributed by atoms with van der Waals surface area (Å²) in [6.07, 6.45) is 7.40. The highest BCUT2D eigenvalue weighted by molar-refractivity contribution is 5.95. The molecule has 2 aliphatic heterocycles. The Labute approximate surface area is 154 Å². The molecule has 6 aliphatic rings. The Morgan fingerprint density at radius 2 is 1.65 bits per heavy atom. The summed E-state index contributed by atoms with van der Waals surface area (Å²) in [5.74, 6) is 2.27. The number of carbonyl (C=O) groups is 3. The second kappa shape index (κ2) is 5.60. The van der Waals surface area contributed by atoms with Crippen LogP contribution < -0.4 is 5.32 Å². The van der Waals surface area contributed by atoms with Crippen LogP contribution in [0.15, 0.2) is 0 Å². The molecule has 0 aromatic heterocycles. The van der Waals surface area contributed by atoms with Gasteiger partial charge in [-0.3, -0.25) is 9.59 Å². The van der Waals surface area contributed by atoms with Crippen LogP contribution in [0.2, 0.25) is 0 Å². The number of nitrogens with zero attached hydrogens (tertiary/aromatic N) is 3. The average molecular weight is 360 g/mol. The molecular weight excluding hydrogens is 332 g/mol. The van der Waals surface area contributed by atoms with Gasteiger partial charge < -0.3 is 20.0 Å². The van der Waals surface area contributed by atoms with Crippen LogP contribution in [0.5, 0.6) is 0 Å². The Morgan fingerprint density at radius 3 is 2.27 bits per heavy atom. The van der Waals surface area contributed by atoms with Crippen molar-refractivity contribution in [3.8, 4) is 0 Å². The molecule has 1 atom stereocenters. The van der Waals surface area contributed by atoms with Crippen molar-refractivity contribution < 1.29 is 14.4 Å². The molecule has 2 heterocycles. The summed E-state index contributed by atoms with van der Waals surface area (Å²) in [6.45, 7) is 1.43. The van der Waals surface area contributed by atoms with Gasteiger partial charge in [0.25, 0.3) is 0 Å². The lowest BCUT2D eigenvalue weighted by Gasteiger charge is -2.57. The zero-order chi connectivity index (χ0) is 18.1. The quantitative estimate of drug-likeness (QED) is 0.746. The Kier molecular flexibility index (Phi) is 3.53. The molecule has 26 heavy (non-hydrogen) atoms. The van der Waals surface area contributed by atoms with Crippen molar-refractivity contribution in [2.75, 3.05) is 33.2 Å². The molecule has 0 aromatic carbocycles. The molecule has 4 saturated carbocycles. The summed E-state index contributed by atoms with van der Waals surface area (Å²) in [5, 5.41) is 3.39. The van der Waals surface area contributed by atoms with Gasteiger partial charge in [0.15, 0.2) is 0 Å². The average Bonchev–Trinajstić information content (AvgIpc) is 2.57. The van der Waals surface area contributed by atoms with Crippen LogP contribution in [-0.2, 0) is 9.59 Å². The number of amides is 4. The van der Waals surface area contributed by atoms with E-state index in [0.717, 1.165) is 37.0 Å². The molecule has 4 amide bonds. The minimum absolute atomic E-state index is 0.0155. The Balaban J connectivity index is 1.28. The molecule has 0 aromatic rings. The first kappa shape index (κ1) is 16.4. The molecule has 7 heteroatoms. The maximum Gasteiger partial charge on any atom is 0.317 e. The number of carbonyl (C=O) groups excluding carboxylic acids is 3. The largest absolute Gasteiger partial charge is 0.335 e. The van der Waals surface area contributed by atoms with Crippen molar-refractivity contribution in [2.24, 2.45) is 17.8 Å². The van der Waals surface area contributed by atoms with Crippen LogP contribution >= 0.6 is 0 Å². The highest BCUT2D eigenvalue weighted by Crippen LogP contribution is 2.55. The smallest absolute Gasteiger partial charge is 0.317 e. The molecular formula is C19H28N4O3. The van der Waals surface area contributed by atoms with Crippen LogP contribution in [0, 0.1) is 17.8 Å². The second-order valence-corrected chi connectivity index (χ2v) is 9.37. The van der Waals surface area contributed by atoms with Crippen LogP contribution in [0.4, 0.5) is 4.79 Å². The lowest BCUT2D eigenvalue weighted by molar-refractivity contribution is -0.157. The fourth-order valence-electron chi connectivity index (χ4n) is 6.67. The van der Waals surface area contributed by atoms with Gasteiger partial charge >= 0.3 is 6.03 Å². The van der Waals surface area contributed by atoms with E-state index in [1.165, 1.54) is 24.2 Å². The molecule has 7 nitrogen and oxygen atoms in total. The first-order chi connectivity index (χ1) is 12.4. The molecule has 2 saturated heterocycles. The van der Waals surface area contributed by atoms with Gasteiger partial charge in [-0.1, -0.05) is 0 Å². The number of urea groups is 1. The minimum atomic E-state index is -0.517. The SMILES string of the molecule is CN1CC(=O)N2CCN(C(=O)NC34CC5CC(CC(C5)C3)C4)CC2C1=O. The predicted molar refractivity (Wildman–Crippen MR) is 94.1 cm³/mol. The van der Waals surface area contributed by atoms with Crippen molar-refractivity contribution in [1.82, 2.24) is 20.0 Å². The first-order valence-corrected chi connectivity index (χ1v) is 10.0. The van der Waals surface area contributed by atoms with E-state index in [2.05, 4.69) is 5.32 Å². The number of fused-ring (bicyclic) bond motifs is 1. The number of rotatable bonds is 1. The summed E-state index contributed by atoms with van der Waals surface area (Å²) < 4.78 is 0. The van der Waals surface area contributed by atoms with Crippen LogP contribution in [0.1, 0.15) is 38.5 Å². The molecule has 1 N–H and O–H groups in total. The summed E-state index contributed by atoms with van der Waals surface area (Å²) in [4.78, 5) is 42.5. The maximum atomic E-state index is 13.0. The van der Waals surface area contributed by atoms with Gasteiger partial charge in [-0.15, -0.1) is 0 Å². The van der Waals surface area contributed by atoms with Gasteiger partial charge in [-0.05, 0) is 56.3 Å². The fourth-order valence-corrected chi connectivity index (χ4v) is 6.67.